The molecule has 0 saturated carbocycles. The molecule has 8 nitrogen and oxygen atoms in total. The number of imidazole rings is 1. The number of benzene rings is 1. The summed E-state index contributed by atoms with van der Waals surface area (Å²) >= 11 is 0. The summed E-state index contributed by atoms with van der Waals surface area (Å²) in [6.45, 7) is 9.19. The normalized spacial score (nSPS) is 18.6. The molecule has 0 spiro atoms. The van der Waals surface area contributed by atoms with E-state index in [0.29, 0.717) is 19.6 Å². The van der Waals surface area contributed by atoms with Crippen molar-refractivity contribution in [2.45, 2.75) is 58.2 Å². The highest BCUT2D eigenvalue weighted by Crippen LogP contribution is 2.30. The number of rotatable bonds is 4. The van der Waals surface area contributed by atoms with Crippen LogP contribution in [0.25, 0.3) is 11.0 Å². The quantitative estimate of drug-likeness (QED) is 0.609. The third-order valence-electron chi connectivity index (χ3n) is 6.96. The second-order valence-corrected chi connectivity index (χ2v) is 10.6. The number of pyridine rings is 1. The van der Waals surface area contributed by atoms with Gasteiger partial charge in [0.1, 0.15) is 16.9 Å². The molecule has 1 atom stereocenters. The van der Waals surface area contributed by atoms with E-state index in [-0.39, 0.29) is 12.1 Å². The van der Waals surface area contributed by atoms with Crippen molar-refractivity contribution < 1.29 is 9.53 Å². The Bertz CT molecular complexity index is 1210. The Labute approximate surface area is 207 Å². The number of amides is 1. The maximum Gasteiger partial charge on any atom is 0.410 e. The summed E-state index contributed by atoms with van der Waals surface area (Å²) in [5, 5.41) is 3.71. The van der Waals surface area contributed by atoms with Crippen LogP contribution in [0.1, 0.15) is 56.7 Å². The van der Waals surface area contributed by atoms with Gasteiger partial charge in [-0.2, -0.15) is 0 Å². The first kappa shape index (κ1) is 23.6. The van der Waals surface area contributed by atoms with Crippen molar-refractivity contribution in [3.8, 4) is 0 Å². The zero-order valence-corrected chi connectivity index (χ0v) is 21.3. The molecule has 3 aromatic rings. The molecule has 1 saturated heterocycles. The van der Waals surface area contributed by atoms with Crippen molar-refractivity contribution in [1.82, 2.24) is 24.8 Å². The monoisotopic (exact) mass is 476 g/mol. The Morgan fingerprint density at radius 2 is 1.94 bits per heavy atom. The fourth-order valence-electron chi connectivity index (χ4n) is 5.14. The Kier molecular flexibility index (Phi) is 6.40. The molecule has 1 fully saturated rings. The highest BCUT2D eigenvalue weighted by atomic mass is 16.6. The van der Waals surface area contributed by atoms with E-state index in [1.807, 2.05) is 33.0 Å². The molecule has 1 N–H and O–H groups in total. The Balaban J connectivity index is 1.29. The summed E-state index contributed by atoms with van der Waals surface area (Å²) < 4.78 is 7.73. The van der Waals surface area contributed by atoms with Crippen molar-refractivity contribution in [1.29, 1.82) is 0 Å². The molecule has 3 heterocycles. The maximum absolute atomic E-state index is 12.5. The number of para-hydroxylation sites is 1. The number of fused-ring (bicyclic) bond motifs is 2. The van der Waals surface area contributed by atoms with Gasteiger partial charge in [0.05, 0.1) is 29.5 Å². The molecule has 0 bridgehead atoms. The van der Waals surface area contributed by atoms with Gasteiger partial charge in [0.2, 0.25) is 0 Å². The molecule has 1 aliphatic heterocycles. The minimum atomic E-state index is -0.478. The van der Waals surface area contributed by atoms with E-state index in [0.717, 1.165) is 48.5 Å². The number of hydrogen-bond acceptors (Lipinski definition) is 6. The lowest BCUT2D eigenvalue weighted by molar-refractivity contribution is 0.0240. The van der Waals surface area contributed by atoms with Gasteiger partial charge in [-0.15, -0.1) is 0 Å². The number of nitrogens with zero attached hydrogens (tertiary/aromatic N) is 5. The Hall–Kier alpha value is -3.13. The molecular formula is C27H36N6O2. The number of carbonyl (C=O) groups is 1. The van der Waals surface area contributed by atoms with Crippen LogP contribution >= 0.6 is 0 Å². The van der Waals surface area contributed by atoms with Crippen LogP contribution in [0.3, 0.4) is 0 Å². The predicted octanol–water partition coefficient (Wildman–Crippen LogP) is 4.19. The number of anilines is 1. The van der Waals surface area contributed by atoms with Gasteiger partial charge >= 0.3 is 6.09 Å². The first-order chi connectivity index (χ1) is 16.8. The highest BCUT2D eigenvalue weighted by molar-refractivity contribution is 5.89. The number of carbonyl (C=O) groups excluding carboxylic acids is 1. The summed E-state index contributed by atoms with van der Waals surface area (Å²) in [5.41, 5.74) is 5.32. The number of piperazine rings is 1. The zero-order chi connectivity index (χ0) is 24.6. The third-order valence-corrected chi connectivity index (χ3v) is 6.96. The van der Waals surface area contributed by atoms with Crippen LogP contribution in [0.15, 0.2) is 36.5 Å². The van der Waals surface area contributed by atoms with Gasteiger partial charge in [-0.1, -0.05) is 12.1 Å². The summed E-state index contributed by atoms with van der Waals surface area (Å²) in [7, 11) is 2.09. The number of aryl methyl sites for hydroxylation is 2. The van der Waals surface area contributed by atoms with Gasteiger partial charge in [-0.05, 0) is 63.8 Å². The van der Waals surface area contributed by atoms with Crippen LogP contribution in [0.2, 0.25) is 0 Å². The standard InChI is InChI=1S/C27H36N6O2/c1-27(2,3)35-26(34)33-16-14-32(15-17-33)22-12-6-11-21-25(22)30-23(31(21)4)18-29-20-10-5-8-19-9-7-13-28-24(19)20/h6-7,9,11-13,20,29H,5,8,10,14-18H2,1-4H3. The molecule has 1 aliphatic carbocycles. The molecule has 186 valence electrons. The number of hydrogen-bond donors (Lipinski definition) is 1. The number of ether oxygens (including phenoxy) is 1. The predicted molar refractivity (Wildman–Crippen MR) is 137 cm³/mol. The van der Waals surface area contributed by atoms with E-state index in [2.05, 4.69) is 51.1 Å². The van der Waals surface area contributed by atoms with E-state index in [1.54, 1.807) is 4.90 Å². The molecule has 1 aromatic carbocycles. The first-order valence-electron chi connectivity index (χ1n) is 12.6. The average Bonchev–Trinajstić information content (AvgIpc) is 3.17. The lowest BCUT2D eigenvalue weighted by Crippen LogP contribution is -2.50. The molecule has 8 heteroatoms. The molecular weight excluding hydrogens is 440 g/mol. The van der Waals surface area contributed by atoms with E-state index < -0.39 is 5.60 Å². The topological polar surface area (TPSA) is 75.5 Å². The van der Waals surface area contributed by atoms with Crippen molar-refractivity contribution in [3.05, 3.63) is 53.6 Å². The first-order valence-corrected chi connectivity index (χ1v) is 12.6. The zero-order valence-electron chi connectivity index (χ0n) is 21.3. The maximum atomic E-state index is 12.5. The lowest BCUT2D eigenvalue weighted by atomic mass is 9.92. The SMILES string of the molecule is Cn1c(CNC2CCCc3cccnc32)nc2c(N3CCN(C(=O)OC(C)(C)C)CC3)cccc21. The van der Waals surface area contributed by atoms with Gasteiger partial charge in [0.15, 0.2) is 0 Å². The largest absolute Gasteiger partial charge is 0.444 e. The summed E-state index contributed by atoms with van der Waals surface area (Å²) in [6.07, 6.45) is 5.04. The van der Waals surface area contributed by atoms with Gasteiger partial charge < -0.3 is 24.4 Å². The van der Waals surface area contributed by atoms with Gasteiger partial charge in [0.25, 0.3) is 0 Å². The number of aromatic nitrogens is 3. The van der Waals surface area contributed by atoms with Gasteiger partial charge in [-0.25, -0.2) is 9.78 Å². The summed E-state index contributed by atoms with van der Waals surface area (Å²) in [5.74, 6) is 1.02. The van der Waals surface area contributed by atoms with Crippen LogP contribution < -0.4 is 10.2 Å². The van der Waals surface area contributed by atoms with E-state index in [4.69, 9.17) is 9.72 Å². The van der Waals surface area contributed by atoms with E-state index in [1.165, 1.54) is 17.7 Å². The Morgan fingerprint density at radius 1 is 1.14 bits per heavy atom. The van der Waals surface area contributed by atoms with Crippen LogP contribution in [-0.4, -0.2) is 57.3 Å². The second kappa shape index (κ2) is 9.49. The summed E-state index contributed by atoms with van der Waals surface area (Å²) in [4.78, 5) is 26.3. The average molecular weight is 477 g/mol. The van der Waals surface area contributed by atoms with Crippen molar-refractivity contribution >= 4 is 22.8 Å². The van der Waals surface area contributed by atoms with Crippen molar-refractivity contribution in [3.63, 3.8) is 0 Å². The fraction of sp³-hybridized carbons (Fsp3) is 0.519. The fourth-order valence-corrected chi connectivity index (χ4v) is 5.14. The molecule has 35 heavy (non-hydrogen) atoms. The molecule has 2 aliphatic rings. The van der Waals surface area contributed by atoms with Gasteiger partial charge in [-0.3, -0.25) is 4.98 Å². The molecule has 5 rings (SSSR count). The van der Waals surface area contributed by atoms with Crippen LogP contribution in [-0.2, 0) is 24.8 Å². The molecule has 1 amide bonds. The minimum absolute atomic E-state index is 0.236. The molecule has 0 radical (unpaired) electrons. The molecule has 1 unspecified atom stereocenters. The third kappa shape index (κ3) is 4.98. The number of nitrogens with one attached hydrogen (secondary N) is 1. The van der Waals surface area contributed by atoms with E-state index in [9.17, 15) is 4.79 Å². The van der Waals surface area contributed by atoms with E-state index >= 15 is 0 Å². The van der Waals surface area contributed by atoms with Crippen molar-refractivity contribution in [2.75, 3.05) is 31.1 Å². The van der Waals surface area contributed by atoms with Crippen LogP contribution in [0, 0.1) is 0 Å². The molecule has 2 aromatic heterocycles. The minimum Gasteiger partial charge on any atom is -0.444 e. The van der Waals surface area contributed by atoms with Crippen molar-refractivity contribution in [2.24, 2.45) is 7.05 Å². The highest BCUT2D eigenvalue weighted by Gasteiger charge is 2.27. The lowest BCUT2D eigenvalue weighted by Gasteiger charge is -2.36. The van der Waals surface area contributed by atoms with Crippen LogP contribution in [0.5, 0.6) is 0 Å². The Morgan fingerprint density at radius 3 is 2.71 bits per heavy atom. The smallest absolute Gasteiger partial charge is 0.410 e. The second-order valence-electron chi connectivity index (χ2n) is 10.6. The van der Waals surface area contributed by atoms with Crippen LogP contribution in [0.4, 0.5) is 10.5 Å². The summed E-state index contributed by atoms with van der Waals surface area (Å²) in [6, 6.07) is 10.8. The van der Waals surface area contributed by atoms with Gasteiger partial charge in [0, 0.05) is 39.4 Å².